The van der Waals surface area contributed by atoms with E-state index in [1.54, 1.807) is 26.4 Å². The number of hydrogen-bond acceptors (Lipinski definition) is 3. The van der Waals surface area contributed by atoms with Gasteiger partial charge in [-0.1, -0.05) is 24.0 Å². The third kappa shape index (κ3) is 3.95. The SMILES string of the molecule is COC(OC)c1ccc(C#Cc2ccc(C(=O)O)cc2)cc1. The molecule has 0 aromatic heterocycles. The number of aromatic carboxylic acids is 1. The predicted molar refractivity (Wildman–Crippen MR) is 82.6 cm³/mol. The Morgan fingerprint density at radius 1 is 0.909 bits per heavy atom. The van der Waals surface area contributed by atoms with Crippen molar-refractivity contribution in [1.29, 1.82) is 0 Å². The van der Waals surface area contributed by atoms with Crippen molar-refractivity contribution in [2.75, 3.05) is 14.2 Å². The zero-order chi connectivity index (χ0) is 15.9. The molecule has 0 unspecified atom stereocenters. The minimum absolute atomic E-state index is 0.250. The molecule has 1 N–H and O–H groups in total. The first-order chi connectivity index (χ1) is 10.6. The van der Waals surface area contributed by atoms with Crippen LogP contribution in [0, 0.1) is 11.8 Å². The third-order valence-electron chi connectivity index (χ3n) is 3.09. The molecule has 4 nitrogen and oxygen atoms in total. The summed E-state index contributed by atoms with van der Waals surface area (Å²) >= 11 is 0. The Hall–Kier alpha value is -2.61. The number of benzene rings is 2. The van der Waals surface area contributed by atoms with Crippen LogP contribution in [0.1, 0.15) is 33.3 Å². The Kier molecular flexibility index (Phi) is 5.31. The molecule has 0 bridgehead atoms. The van der Waals surface area contributed by atoms with E-state index in [1.165, 1.54) is 12.1 Å². The molecule has 0 aliphatic rings. The van der Waals surface area contributed by atoms with Crippen LogP contribution < -0.4 is 0 Å². The zero-order valence-corrected chi connectivity index (χ0v) is 12.4. The zero-order valence-electron chi connectivity index (χ0n) is 12.4. The normalized spacial score (nSPS) is 10.1. The van der Waals surface area contributed by atoms with E-state index in [4.69, 9.17) is 14.6 Å². The lowest BCUT2D eigenvalue weighted by Crippen LogP contribution is -2.03. The molecular weight excluding hydrogens is 280 g/mol. The molecule has 2 aromatic rings. The molecule has 0 radical (unpaired) electrons. The van der Waals surface area contributed by atoms with Gasteiger partial charge >= 0.3 is 5.97 Å². The van der Waals surface area contributed by atoms with Crippen LogP contribution in [0.25, 0.3) is 0 Å². The van der Waals surface area contributed by atoms with Gasteiger partial charge in [0.2, 0.25) is 0 Å². The fraction of sp³-hybridized carbons (Fsp3) is 0.167. The van der Waals surface area contributed by atoms with Crippen LogP contribution in [0.5, 0.6) is 0 Å². The van der Waals surface area contributed by atoms with E-state index in [0.29, 0.717) is 0 Å². The minimum Gasteiger partial charge on any atom is -0.478 e. The molecule has 0 atom stereocenters. The minimum atomic E-state index is -0.944. The van der Waals surface area contributed by atoms with Crippen LogP contribution >= 0.6 is 0 Å². The van der Waals surface area contributed by atoms with Gasteiger partial charge in [0.1, 0.15) is 0 Å². The fourth-order valence-electron chi connectivity index (χ4n) is 1.93. The quantitative estimate of drug-likeness (QED) is 0.696. The highest BCUT2D eigenvalue weighted by atomic mass is 16.7. The summed E-state index contributed by atoms with van der Waals surface area (Å²) in [4.78, 5) is 10.8. The molecule has 0 saturated heterocycles. The summed E-state index contributed by atoms with van der Waals surface area (Å²) in [5, 5.41) is 8.84. The Morgan fingerprint density at radius 3 is 1.77 bits per heavy atom. The Bertz CT molecular complexity index is 687. The lowest BCUT2D eigenvalue weighted by atomic mass is 10.1. The number of carbonyl (C=O) groups is 1. The van der Waals surface area contributed by atoms with Crippen molar-refractivity contribution in [3.63, 3.8) is 0 Å². The molecule has 0 fully saturated rings. The van der Waals surface area contributed by atoms with Crippen LogP contribution in [0.2, 0.25) is 0 Å². The summed E-state index contributed by atoms with van der Waals surface area (Å²) in [6, 6.07) is 14.0. The molecule has 0 amide bonds. The smallest absolute Gasteiger partial charge is 0.335 e. The van der Waals surface area contributed by atoms with Crippen molar-refractivity contribution in [1.82, 2.24) is 0 Å². The summed E-state index contributed by atoms with van der Waals surface area (Å²) < 4.78 is 10.4. The van der Waals surface area contributed by atoms with E-state index < -0.39 is 5.97 Å². The molecule has 0 heterocycles. The average molecular weight is 296 g/mol. The van der Waals surface area contributed by atoms with Crippen LogP contribution in [0.3, 0.4) is 0 Å². The molecule has 2 aromatic carbocycles. The number of methoxy groups -OCH3 is 2. The summed E-state index contributed by atoms with van der Waals surface area (Å²) in [6.07, 6.45) is -0.384. The first kappa shape index (κ1) is 15.8. The molecule has 4 heteroatoms. The number of ether oxygens (including phenoxy) is 2. The maximum atomic E-state index is 10.8. The van der Waals surface area contributed by atoms with Gasteiger partial charge in [-0.2, -0.15) is 0 Å². The standard InChI is InChI=1S/C18H16O4/c1-21-18(22-2)16-11-7-14(8-12-16)4-3-13-5-9-15(10-6-13)17(19)20/h5-12,18H,1-2H3,(H,19,20). The summed E-state index contributed by atoms with van der Waals surface area (Å²) in [6.45, 7) is 0. The van der Waals surface area contributed by atoms with Crippen LogP contribution in [-0.2, 0) is 9.47 Å². The van der Waals surface area contributed by atoms with Gasteiger partial charge in [-0.3, -0.25) is 0 Å². The highest BCUT2D eigenvalue weighted by Gasteiger charge is 2.07. The summed E-state index contributed by atoms with van der Waals surface area (Å²) in [5.74, 6) is 5.09. The van der Waals surface area contributed by atoms with Crippen molar-refractivity contribution in [2.45, 2.75) is 6.29 Å². The first-order valence-electron chi connectivity index (χ1n) is 6.65. The van der Waals surface area contributed by atoms with E-state index in [1.807, 2.05) is 24.3 Å². The fourth-order valence-corrected chi connectivity index (χ4v) is 1.93. The van der Waals surface area contributed by atoms with Gasteiger partial charge < -0.3 is 14.6 Å². The molecule has 112 valence electrons. The van der Waals surface area contributed by atoms with Crippen LogP contribution in [0.15, 0.2) is 48.5 Å². The van der Waals surface area contributed by atoms with Gasteiger partial charge in [0, 0.05) is 30.9 Å². The van der Waals surface area contributed by atoms with Gasteiger partial charge in [0.05, 0.1) is 5.56 Å². The maximum absolute atomic E-state index is 10.8. The Balaban J connectivity index is 2.13. The average Bonchev–Trinajstić information content (AvgIpc) is 2.55. The lowest BCUT2D eigenvalue weighted by Gasteiger charge is -2.13. The van der Waals surface area contributed by atoms with Crippen molar-refractivity contribution >= 4 is 5.97 Å². The summed E-state index contributed by atoms with van der Waals surface area (Å²) in [7, 11) is 3.17. The third-order valence-corrected chi connectivity index (χ3v) is 3.09. The number of rotatable bonds is 4. The first-order valence-corrected chi connectivity index (χ1v) is 6.65. The van der Waals surface area contributed by atoms with Gasteiger partial charge in [0.25, 0.3) is 0 Å². The second kappa shape index (κ2) is 7.41. The molecule has 0 spiro atoms. The number of carboxylic acid groups (broad SMARTS) is 1. The van der Waals surface area contributed by atoms with Crippen LogP contribution in [0.4, 0.5) is 0 Å². The van der Waals surface area contributed by atoms with E-state index in [2.05, 4.69) is 11.8 Å². The van der Waals surface area contributed by atoms with E-state index in [0.717, 1.165) is 16.7 Å². The molecule has 2 rings (SSSR count). The highest BCUT2D eigenvalue weighted by molar-refractivity contribution is 5.87. The Labute approximate surface area is 129 Å². The van der Waals surface area contributed by atoms with E-state index in [9.17, 15) is 4.79 Å². The predicted octanol–water partition coefficient (Wildman–Crippen LogP) is 3.08. The van der Waals surface area contributed by atoms with Crippen molar-refractivity contribution in [3.05, 3.63) is 70.8 Å². The van der Waals surface area contributed by atoms with Gasteiger partial charge in [-0.25, -0.2) is 4.79 Å². The highest BCUT2D eigenvalue weighted by Crippen LogP contribution is 2.17. The molecule has 0 aliphatic carbocycles. The van der Waals surface area contributed by atoms with Crippen molar-refractivity contribution in [3.8, 4) is 11.8 Å². The summed E-state index contributed by atoms with van der Waals surface area (Å²) in [5.41, 5.74) is 2.79. The second-order valence-corrected chi connectivity index (χ2v) is 4.56. The van der Waals surface area contributed by atoms with Crippen LogP contribution in [-0.4, -0.2) is 25.3 Å². The van der Waals surface area contributed by atoms with E-state index >= 15 is 0 Å². The Morgan fingerprint density at radius 2 is 1.36 bits per heavy atom. The largest absolute Gasteiger partial charge is 0.478 e. The topological polar surface area (TPSA) is 55.8 Å². The van der Waals surface area contributed by atoms with Gasteiger partial charge in [-0.15, -0.1) is 0 Å². The monoisotopic (exact) mass is 296 g/mol. The van der Waals surface area contributed by atoms with Gasteiger partial charge in [-0.05, 0) is 36.4 Å². The molecular formula is C18H16O4. The van der Waals surface area contributed by atoms with Crippen molar-refractivity contribution < 1.29 is 19.4 Å². The molecule has 22 heavy (non-hydrogen) atoms. The molecule has 0 saturated carbocycles. The number of hydrogen-bond donors (Lipinski definition) is 1. The number of carboxylic acids is 1. The van der Waals surface area contributed by atoms with E-state index in [-0.39, 0.29) is 11.9 Å². The maximum Gasteiger partial charge on any atom is 0.335 e. The van der Waals surface area contributed by atoms with Crippen molar-refractivity contribution in [2.24, 2.45) is 0 Å². The van der Waals surface area contributed by atoms with Gasteiger partial charge in [0.15, 0.2) is 6.29 Å². The lowest BCUT2D eigenvalue weighted by molar-refractivity contribution is -0.106. The molecule has 0 aliphatic heterocycles. The second-order valence-electron chi connectivity index (χ2n) is 4.56.